The largest absolute Gasteiger partial charge is 0.388 e. The Morgan fingerprint density at radius 3 is 2.38 bits per heavy atom. The highest BCUT2D eigenvalue weighted by molar-refractivity contribution is 9.10. The van der Waals surface area contributed by atoms with Gasteiger partial charge in [-0.1, -0.05) is 51.8 Å². The van der Waals surface area contributed by atoms with E-state index in [0.717, 1.165) is 22.9 Å². The van der Waals surface area contributed by atoms with Gasteiger partial charge in [0.25, 0.3) is 0 Å². The second-order valence-electron chi connectivity index (χ2n) is 5.76. The molecule has 0 saturated carbocycles. The van der Waals surface area contributed by atoms with E-state index < -0.39 is 6.10 Å². The normalized spacial score (nSPS) is 17.5. The average Bonchev–Trinajstić information content (AvgIpc) is 2.89. The molecule has 4 heteroatoms. The first-order valence-corrected chi connectivity index (χ1v) is 8.13. The maximum Gasteiger partial charge on any atom is 0.0879 e. The number of hydrogen-bond donors (Lipinski definition) is 2. The molecular weight excluding hydrogens is 350 g/mol. The van der Waals surface area contributed by atoms with E-state index in [9.17, 15) is 5.11 Å². The highest BCUT2D eigenvalue weighted by Crippen LogP contribution is 2.46. The van der Waals surface area contributed by atoms with Crippen molar-refractivity contribution in [2.45, 2.75) is 18.9 Å². The number of rotatable bonds is 3. The van der Waals surface area contributed by atoms with E-state index in [-0.39, 0.29) is 5.41 Å². The van der Waals surface area contributed by atoms with Gasteiger partial charge in [0.2, 0.25) is 0 Å². The van der Waals surface area contributed by atoms with Crippen molar-refractivity contribution in [1.82, 2.24) is 0 Å². The van der Waals surface area contributed by atoms with Gasteiger partial charge in [-0.05, 0) is 42.2 Å². The fourth-order valence-corrected chi connectivity index (χ4v) is 3.83. The third-order valence-corrected chi connectivity index (χ3v) is 5.28. The van der Waals surface area contributed by atoms with Crippen LogP contribution in [0.4, 0.5) is 0 Å². The Labute approximate surface area is 138 Å². The van der Waals surface area contributed by atoms with Crippen molar-refractivity contribution in [3.63, 3.8) is 0 Å². The lowest BCUT2D eigenvalue weighted by molar-refractivity contribution is 0.0358. The van der Waals surface area contributed by atoms with Crippen LogP contribution in [0.3, 0.4) is 0 Å². The van der Waals surface area contributed by atoms with Crippen molar-refractivity contribution >= 4 is 27.5 Å². The van der Waals surface area contributed by atoms with Crippen LogP contribution in [0.2, 0.25) is 5.02 Å². The van der Waals surface area contributed by atoms with Crippen molar-refractivity contribution in [2.75, 3.05) is 6.54 Å². The van der Waals surface area contributed by atoms with Gasteiger partial charge in [0.1, 0.15) is 0 Å². The highest BCUT2D eigenvalue weighted by atomic mass is 79.9. The van der Waals surface area contributed by atoms with Crippen molar-refractivity contribution < 1.29 is 5.11 Å². The minimum Gasteiger partial charge on any atom is -0.388 e. The Kier molecular flexibility index (Phi) is 4.10. The third-order valence-electron chi connectivity index (χ3n) is 4.44. The number of aliphatic hydroxyl groups excluding tert-OH is 1. The molecule has 21 heavy (non-hydrogen) atoms. The fraction of sp³-hybridized carbons (Fsp3) is 0.294. The molecule has 0 amide bonds. The van der Waals surface area contributed by atoms with Crippen molar-refractivity contribution in [2.24, 2.45) is 11.1 Å². The van der Waals surface area contributed by atoms with Gasteiger partial charge in [-0.3, -0.25) is 0 Å². The van der Waals surface area contributed by atoms with Gasteiger partial charge in [-0.2, -0.15) is 0 Å². The topological polar surface area (TPSA) is 46.2 Å². The first-order chi connectivity index (χ1) is 10.1. The molecule has 0 aliphatic heterocycles. The summed E-state index contributed by atoms with van der Waals surface area (Å²) in [5.74, 6) is 0. The molecule has 1 aliphatic carbocycles. The van der Waals surface area contributed by atoms with E-state index in [1.165, 1.54) is 11.1 Å². The molecule has 2 aromatic carbocycles. The summed E-state index contributed by atoms with van der Waals surface area (Å²) in [7, 11) is 0. The van der Waals surface area contributed by atoms with E-state index in [1.807, 2.05) is 24.3 Å². The molecule has 2 aromatic rings. The maximum absolute atomic E-state index is 11.0. The summed E-state index contributed by atoms with van der Waals surface area (Å²) in [5, 5.41) is 11.5. The van der Waals surface area contributed by atoms with Crippen LogP contribution >= 0.6 is 27.5 Å². The molecule has 2 nitrogen and oxygen atoms in total. The number of fused-ring (bicyclic) bond motifs is 1. The van der Waals surface area contributed by atoms with Crippen molar-refractivity contribution in [3.8, 4) is 0 Å². The predicted molar refractivity (Wildman–Crippen MR) is 89.4 cm³/mol. The smallest absolute Gasteiger partial charge is 0.0879 e. The standard InChI is InChI=1S/C17H17BrClNO/c18-13-5-6-15(19)14(7-13)16(21)17(10-20)8-11-3-1-2-4-12(11)9-17/h1-7,16,21H,8-10,20H2. The summed E-state index contributed by atoms with van der Waals surface area (Å²) in [6.07, 6.45) is 0.882. The van der Waals surface area contributed by atoms with E-state index in [1.54, 1.807) is 6.07 Å². The molecule has 1 atom stereocenters. The first kappa shape index (κ1) is 15.0. The number of hydrogen-bond acceptors (Lipinski definition) is 2. The minimum absolute atomic E-state index is 0.381. The van der Waals surface area contributed by atoms with Crippen molar-refractivity contribution in [1.29, 1.82) is 0 Å². The second kappa shape index (κ2) is 5.73. The molecule has 0 radical (unpaired) electrons. The summed E-state index contributed by atoms with van der Waals surface area (Å²) in [4.78, 5) is 0. The lowest BCUT2D eigenvalue weighted by atomic mass is 9.76. The van der Waals surface area contributed by atoms with Crippen molar-refractivity contribution in [3.05, 3.63) is 68.7 Å². The molecule has 0 aromatic heterocycles. The van der Waals surface area contributed by atoms with Gasteiger partial charge >= 0.3 is 0 Å². The van der Waals surface area contributed by atoms with E-state index in [0.29, 0.717) is 11.6 Å². The lowest BCUT2D eigenvalue weighted by Crippen LogP contribution is -2.37. The summed E-state index contributed by atoms with van der Waals surface area (Å²) < 4.78 is 0.906. The van der Waals surface area contributed by atoms with Gasteiger partial charge in [0.05, 0.1) is 6.10 Å². The number of benzene rings is 2. The van der Waals surface area contributed by atoms with Crippen LogP contribution in [0.5, 0.6) is 0 Å². The molecule has 0 bridgehead atoms. The zero-order chi connectivity index (χ0) is 15.0. The Balaban J connectivity index is 2.00. The van der Waals surface area contributed by atoms with Gasteiger partial charge in [-0.25, -0.2) is 0 Å². The summed E-state index contributed by atoms with van der Waals surface area (Å²) in [6, 6.07) is 13.8. The Bertz CT molecular complexity index is 649. The number of aliphatic hydroxyl groups is 1. The summed E-state index contributed by atoms with van der Waals surface area (Å²) >= 11 is 9.72. The number of nitrogens with two attached hydrogens (primary N) is 1. The monoisotopic (exact) mass is 365 g/mol. The molecular formula is C17H17BrClNO. The Morgan fingerprint density at radius 2 is 1.81 bits per heavy atom. The highest BCUT2D eigenvalue weighted by Gasteiger charge is 2.43. The maximum atomic E-state index is 11.0. The van der Waals surface area contributed by atoms with Crippen LogP contribution in [-0.4, -0.2) is 11.7 Å². The second-order valence-corrected chi connectivity index (χ2v) is 7.08. The molecule has 1 unspecified atom stereocenters. The zero-order valence-corrected chi connectivity index (χ0v) is 13.9. The average molecular weight is 367 g/mol. The van der Waals surface area contributed by atoms with Gasteiger partial charge in [-0.15, -0.1) is 0 Å². The van der Waals surface area contributed by atoms with Gasteiger partial charge in [0, 0.05) is 27.0 Å². The van der Waals surface area contributed by atoms with Crippen LogP contribution in [0.1, 0.15) is 22.8 Å². The molecule has 0 spiro atoms. The van der Waals surface area contributed by atoms with Crippen LogP contribution in [0, 0.1) is 5.41 Å². The molecule has 3 N–H and O–H groups in total. The Hall–Kier alpha value is -0.870. The fourth-order valence-electron chi connectivity index (χ4n) is 3.23. The predicted octanol–water partition coefficient (Wildman–Crippen LogP) is 3.88. The lowest BCUT2D eigenvalue weighted by Gasteiger charge is -2.34. The molecule has 3 rings (SSSR count). The molecule has 0 saturated heterocycles. The van der Waals surface area contributed by atoms with Crippen LogP contribution in [0.15, 0.2) is 46.9 Å². The minimum atomic E-state index is -0.681. The summed E-state index contributed by atoms with van der Waals surface area (Å²) in [5.41, 5.74) is 8.96. The molecule has 110 valence electrons. The van der Waals surface area contributed by atoms with Crippen LogP contribution in [-0.2, 0) is 12.8 Å². The van der Waals surface area contributed by atoms with Gasteiger partial charge < -0.3 is 10.8 Å². The first-order valence-electron chi connectivity index (χ1n) is 6.95. The van der Waals surface area contributed by atoms with E-state index in [4.69, 9.17) is 17.3 Å². The third kappa shape index (κ3) is 2.64. The molecule has 0 fully saturated rings. The summed E-state index contributed by atoms with van der Waals surface area (Å²) in [6.45, 7) is 0.422. The number of halogens is 2. The SMILES string of the molecule is NCC1(C(O)c2cc(Br)ccc2Cl)Cc2ccccc2C1. The van der Waals surface area contributed by atoms with Gasteiger partial charge in [0.15, 0.2) is 0 Å². The van der Waals surface area contributed by atoms with E-state index >= 15 is 0 Å². The molecule has 0 heterocycles. The molecule has 1 aliphatic rings. The quantitative estimate of drug-likeness (QED) is 0.866. The van der Waals surface area contributed by atoms with Crippen LogP contribution in [0.25, 0.3) is 0 Å². The zero-order valence-electron chi connectivity index (χ0n) is 11.5. The Morgan fingerprint density at radius 1 is 1.19 bits per heavy atom. The van der Waals surface area contributed by atoms with E-state index in [2.05, 4.69) is 28.1 Å². The van der Waals surface area contributed by atoms with Crippen LogP contribution < -0.4 is 5.73 Å².